The van der Waals surface area contributed by atoms with E-state index in [0.29, 0.717) is 27.0 Å². The number of hydrogen-bond donors (Lipinski definition) is 1. The summed E-state index contributed by atoms with van der Waals surface area (Å²) in [7, 11) is -2.64. The average molecular weight is 585 g/mol. The summed E-state index contributed by atoms with van der Waals surface area (Å²) >= 11 is 3.27. The van der Waals surface area contributed by atoms with E-state index in [4.69, 9.17) is 13.7 Å². The van der Waals surface area contributed by atoms with Crippen LogP contribution in [0.3, 0.4) is 0 Å². The highest BCUT2D eigenvalue weighted by Crippen LogP contribution is 2.30. The summed E-state index contributed by atoms with van der Waals surface area (Å²) in [5.74, 6) is -0.613. The second-order valence-corrected chi connectivity index (χ2v) is 9.73. The zero-order valence-electron chi connectivity index (χ0n) is 19.7. The molecule has 190 valence electrons. The van der Waals surface area contributed by atoms with Crippen molar-refractivity contribution in [1.82, 2.24) is 0 Å². The summed E-state index contributed by atoms with van der Waals surface area (Å²) in [6.07, 6.45) is 1.34. The van der Waals surface area contributed by atoms with Crippen molar-refractivity contribution in [3.05, 3.63) is 87.9 Å². The monoisotopic (exact) mass is 584 g/mol. The normalized spacial score (nSPS) is 11.2. The largest absolute Gasteiger partial charge is 0.497 e. The molecule has 1 amide bonds. The quantitative estimate of drug-likeness (QED) is 0.162. The Balaban J connectivity index is 1.73. The van der Waals surface area contributed by atoms with Crippen molar-refractivity contribution in [3.8, 4) is 17.6 Å². The molecule has 0 fully saturated rings. The molecule has 0 bridgehead atoms. The van der Waals surface area contributed by atoms with E-state index in [1.807, 2.05) is 6.07 Å². The molecule has 11 heteroatoms. The maximum atomic E-state index is 12.6. The highest BCUT2D eigenvalue weighted by atomic mass is 79.9. The number of hydrogen-bond acceptors (Lipinski definition) is 8. The van der Waals surface area contributed by atoms with Crippen molar-refractivity contribution in [2.45, 2.75) is 11.8 Å². The number of rotatable bonds is 9. The Kier molecular flexibility index (Phi) is 9.05. The lowest BCUT2D eigenvalue weighted by Crippen LogP contribution is -2.13. The maximum Gasteiger partial charge on any atom is 0.339 e. The van der Waals surface area contributed by atoms with Crippen LogP contribution in [0.15, 0.2) is 81.7 Å². The molecule has 0 unspecified atom stereocenters. The minimum Gasteiger partial charge on any atom is -0.497 e. The molecule has 9 nitrogen and oxygen atoms in total. The Bertz CT molecular complexity index is 1480. The third-order valence-corrected chi connectivity index (χ3v) is 6.70. The average Bonchev–Trinajstić information content (AvgIpc) is 2.89. The summed E-state index contributed by atoms with van der Waals surface area (Å²) < 4.78 is 40.7. The van der Waals surface area contributed by atoms with Gasteiger partial charge < -0.3 is 19.0 Å². The highest BCUT2D eigenvalue weighted by molar-refractivity contribution is 9.10. The number of ether oxygens (including phenoxy) is 2. The van der Waals surface area contributed by atoms with E-state index in [0.717, 1.165) is 0 Å². The highest BCUT2D eigenvalue weighted by Gasteiger charge is 2.19. The van der Waals surface area contributed by atoms with E-state index in [9.17, 15) is 23.3 Å². The smallest absolute Gasteiger partial charge is 0.339 e. The minimum atomic E-state index is -4.11. The van der Waals surface area contributed by atoms with Gasteiger partial charge in [-0.3, -0.25) is 4.79 Å². The van der Waals surface area contributed by atoms with Gasteiger partial charge in [-0.05, 0) is 95.2 Å². The fourth-order valence-electron chi connectivity index (χ4n) is 3.00. The summed E-state index contributed by atoms with van der Waals surface area (Å²) in [5, 5.41) is 12.1. The van der Waals surface area contributed by atoms with Gasteiger partial charge in [0.1, 0.15) is 22.3 Å². The molecule has 0 aliphatic heterocycles. The summed E-state index contributed by atoms with van der Waals surface area (Å²) in [6.45, 7) is 1.95. The standard InChI is InChI=1S/C26H21BrN2O7S/c1-3-35-26(31)18-5-7-20(8-6-18)29-25(30)19(16-28)14-17-4-13-24(23(27)15-17)36-37(32,33)22-11-9-21(34-2)10-12-22/h4-15H,3H2,1-2H3,(H,29,30)/b19-14+. The Morgan fingerprint density at radius 3 is 2.30 bits per heavy atom. The Hall–Kier alpha value is -4.14. The van der Waals surface area contributed by atoms with Crippen molar-refractivity contribution in [2.24, 2.45) is 0 Å². The van der Waals surface area contributed by atoms with Gasteiger partial charge in [-0.25, -0.2) is 4.79 Å². The van der Waals surface area contributed by atoms with Crippen LogP contribution in [0.2, 0.25) is 0 Å². The predicted molar refractivity (Wildman–Crippen MR) is 140 cm³/mol. The first-order chi connectivity index (χ1) is 17.7. The van der Waals surface area contributed by atoms with Gasteiger partial charge >= 0.3 is 16.1 Å². The number of benzene rings is 3. The molecule has 0 spiro atoms. The first kappa shape index (κ1) is 27.4. The number of nitrogens with zero attached hydrogens (tertiary/aromatic N) is 1. The molecule has 3 rings (SSSR count). The number of nitrogens with one attached hydrogen (secondary N) is 1. The molecule has 3 aromatic rings. The van der Waals surface area contributed by atoms with Crippen LogP contribution in [0.1, 0.15) is 22.8 Å². The number of esters is 1. The zero-order valence-corrected chi connectivity index (χ0v) is 22.1. The van der Waals surface area contributed by atoms with E-state index >= 15 is 0 Å². The first-order valence-electron chi connectivity index (χ1n) is 10.7. The molecule has 3 aromatic carbocycles. The van der Waals surface area contributed by atoms with Gasteiger partial charge in [0.25, 0.3) is 5.91 Å². The van der Waals surface area contributed by atoms with Crippen molar-refractivity contribution in [2.75, 3.05) is 19.0 Å². The number of methoxy groups -OCH3 is 1. The van der Waals surface area contributed by atoms with Crippen LogP contribution in [-0.2, 0) is 19.6 Å². The lowest BCUT2D eigenvalue weighted by molar-refractivity contribution is -0.112. The van der Waals surface area contributed by atoms with Crippen LogP contribution in [0.4, 0.5) is 5.69 Å². The zero-order chi connectivity index (χ0) is 27.0. The maximum absolute atomic E-state index is 12.6. The number of carbonyl (C=O) groups is 2. The fraction of sp³-hybridized carbons (Fsp3) is 0.115. The van der Waals surface area contributed by atoms with E-state index in [1.54, 1.807) is 6.92 Å². The van der Waals surface area contributed by atoms with E-state index < -0.39 is 22.0 Å². The van der Waals surface area contributed by atoms with E-state index in [-0.39, 0.29) is 22.8 Å². The van der Waals surface area contributed by atoms with E-state index in [2.05, 4.69) is 21.2 Å². The second-order valence-electron chi connectivity index (χ2n) is 7.32. The fourth-order valence-corrected chi connectivity index (χ4v) is 4.53. The molecule has 0 aromatic heterocycles. The molecular formula is C26H21BrN2O7S. The van der Waals surface area contributed by atoms with Gasteiger partial charge in [0.15, 0.2) is 5.75 Å². The van der Waals surface area contributed by atoms with Crippen molar-refractivity contribution in [1.29, 1.82) is 5.26 Å². The molecule has 0 atom stereocenters. The lowest BCUT2D eigenvalue weighted by Gasteiger charge is -2.10. The molecule has 37 heavy (non-hydrogen) atoms. The lowest BCUT2D eigenvalue weighted by atomic mass is 10.1. The molecular weight excluding hydrogens is 564 g/mol. The van der Waals surface area contributed by atoms with Gasteiger partial charge in [0, 0.05) is 5.69 Å². The van der Waals surface area contributed by atoms with Gasteiger partial charge in [0.05, 0.1) is 23.8 Å². The number of amides is 1. The van der Waals surface area contributed by atoms with E-state index in [1.165, 1.54) is 79.9 Å². The Labute approximate surface area is 222 Å². The Morgan fingerprint density at radius 2 is 1.73 bits per heavy atom. The van der Waals surface area contributed by atoms with Crippen LogP contribution >= 0.6 is 15.9 Å². The summed E-state index contributed by atoms with van der Waals surface area (Å²) in [4.78, 5) is 24.3. The van der Waals surface area contributed by atoms with Crippen LogP contribution in [0.5, 0.6) is 11.5 Å². The van der Waals surface area contributed by atoms with Crippen LogP contribution in [0, 0.1) is 11.3 Å². The van der Waals surface area contributed by atoms with Crippen molar-refractivity contribution >= 4 is 49.7 Å². The molecule has 0 aliphatic carbocycles. The molecule has 0 saturated carbocycles. The number of carbonyl (C=O) groups excluding carboxylic acids is 2. The molecule has 0 aliphatic rings. The molecule has 0 saturated heterocycles. The number of nitriles is 1. The topological polar surface area (TPSA) is 132 Å². The minimum absolute atomic E-state index is 0.0256. The van der Waals surface area contributed by atoms with Gasteiger partial charge in [-0.1, -0.05) is 6.07 Å². The third kappa shape index (κ3) is 7.19. The number of anilines is 1. The predicted octanol–water partition coefficient (Wildman–Crippen LogP) is 4.95. The summed E-state index contributed by atoms with van der Waals surface area (Å²) in [6, 6.07) is 18.0. The van der Waals surface area contributed by atoms with Crippen LogP contribution < -0.4 is 14.2 Å². The third-order valence-electron chi connectivity index (χ3n) is 4.83. The molecule has 0 radical (unpaired) electrons. The number of halogens is 1. The molecule has 0 heterocycles. The van der Waals surface area contributed by atoms with Crippen molar-refractivity contribution < 1.29 is 31.7 Å². The van der Waals surface area contributed by atoms with Crippen LogP contribution in [-0.4, -0.2) is 34.0 Å². The van der Waals surface area contributed by atoms with Gasteiger partial charge in [0.2, 0.25) is 0 Å². The Morgan fingerprint density at radius 1 is 1.05 bits per heavy atom. The van der Waals surface area contributed by atoms with Gasteiger partial charge in [-0.2, -0.15) is 13.7 Å². The SMILES string of the molecule is CCOC(=O)c1ccc(NC(=O)/C(C#N)=C/c2ccc(OS(=O)(=O)c3ccc(OC)cc3)c(Br)c2)cc1. The second kappa shape index (κ2) is 12.2. The first-order valence-corrected chi connectivity index (χ1v) is 13.0. The molecule has 1 N–H and O–H groups in total. The summed E-state index contributed by atoms with van der Waals surface area (Å²) in [5.41, 5.74) is 0.969. The van der Waals surface area contributed by atoms with Gasteiger partial charge in [-0.15, -0.1) is 0 Å². The van der Waals surface area contributed by atoms with Crippen LogP contribution in [0.25, 0.3) is 6.08 Å². The van der Waals surface area contributed by atoms with Crippen molar-refractivity contribution in [3.63, 3.8) is 0 Å².